The van der Waals surface area contributed by atoms with E-state index in [0.717, 1.165) is 18.6 Å². The molecule has 1 aromatic rings. The lowest BCUT2D eigenvalue weighted by atomic mass is 10.1. The van der Waals surface area contributed by atoms with Crippen LogP contribution in [0.2, 0.25) is 0 Å². The zero-order chi connectivity index (χ0) is 13.5. The molecule has 1 rings (SSSR count). The summed E-state index contributed by atoms with van der Waals surface area (Å²) >= 11 is 0. The highest BCUT2D eigenvalue weighted by atomic mass is 16.5. The Morgan fingerprint density at radius 3 is 2.56 bits per heavy atom. The number of nitrogens with one attached hydrogen (secondary N) is 1. The fraction of sp³-hybridized carbons (Fsp3) is 0.571. The molecule has 0 bridgehead atoms. The predicted molar refractivity (Wildman–Crippen MR) is 72.2 cm³/mol. The summed E-state index contributed by atoms with van der Waals surface area (Å²) < 4.78 is 10.1. The topological polar surface area (TPSA) is 50.7 Å². The molecule has 4 nitrogen and oxygen atoms in total. The molecular weight excluding hydrogens is 230 g/mol. The van der Waals surface area contributed by atoms with E-state index in [2.05, 4.69) is 12.2 Å². The van der Waals surface area contributed by atoms with Gasteiger partial charge in [0.1, 0.15) is 11.5 Å². The Hall–Kier alpha value is -1.26. The number of methoxy groups -OCH3 is 2. The van der Waals surface area contributed by atoms with E-state index >= 15 is 0 Å². The van der Waals surface area contributed by atoms with Gasteiger partial charge in [0, 0.05) is 37.4 Å². The SMILES string of the molecule is COCCC(C)NC(C)c1ccc(OC)cc1O. The molecule has 1 aromatic carbocycles. The smallest absolute Gasteiger partial charge is 0.124 e. The summed E-state index contributed by atoms with van der Waals surface area (Å²) in [5, 5.41) is 13.4. The molecule has 0 spiro atoms. The van der Waals surface area contributed by atoms with Crippen LogP contribution in [0.3, 0.4) is 0 Å². The molecule has 4 heteroatoms. The van der Waals surface area contributed by atoms with Gasteiger partial charge in [0.15, 0.2) is 0 Å². The summed E-state index contributed by atoms with van der Waals surface area (Å²) in [7, 11) is 3.29. The average Bonchev–Trinajstić information content (AvgIpc) is 2.35. The summed E-state index contributed by atoms with van der Waals surface area (Å²) in [5.41, 5.74) is 0.875. The van der Waals surface area contributed by atoms with Crippen LogP contribution in [0, 0.1) is 0 Å². The van der Waals surface area contributed by atoms with Gasteiger partial charge < -0.3 is 19.9 Å². The normalized spacial score (nSPS) is 14.2. The van der Waals surface area contributed by atoms with Crippen LogP contribution in [0.25, 0.3) is 0 Å². The maximum absolute atomic E-state index is 9.94. The number of hydrogen-bond donors (Lipinski definition) is 2. The van der Waals surface area contributed by atoms with E-state index in [0.29, 0.717) is 11.8 Å². The van der Waals surface area contributed by atoms with Gasteiger partial charge in [-0.05, 0) is 26.3 Å². The van der Waals surface area contributed by atoms with E-state index in [9.17, 15) is 5.11 Å². The highest BCUT2D eigenvalue weighted by molar-refractivity contribution is 5.41. The first kappa shape index (κ1) is 14.8. The molecule has 2 N–H and O–H groups in total. The molecule has 0 saturated carbocycles. The molecule has 0 heterocycles. The number of benzene rings is 1. The van der Waals surface area contributed by atoms with Crippen LogP contribution in [0.4, 0.5) is 0 Å². The molecule has 0 aromatic heterocycles. The Balaban J connectivity index is 2.63. The first-order valence-corrected chi connectivity index (χ1v) is 6.20. The second-order valence-electron chi connectivity index (χ2n) is 4.50. The molecule has 0 saturated heterocycles. The second-order valence-corrected chi connectivity index (χ2v) is 4.50. The van der Waals surface area contributed by atoms with Gasteiger partial charge in [0.2, 0.25) is 0 Å². The Labute approximate surface area is 109 Å². The van der Waals surface area contributed by atoms with Crippen LogP contribution in [0.1, 0.15) is 31.9 Å². The second kappa shape index (κ2) is 7.24. The first-order valence-electron chi connectivity index (χ1n) is 6.20. The molecule has 18 heavy (non-hydrogen) atoms. The van der Waals surface area contributed by atoms with Gasteiger partial charge in [-0.25, -0.2) is 0 Å². The number of rotatable bonds is 7. The third-order valence-corrected chi connectivity index (χ3v) is 2.99. The Morgan fingerprint density at radius 1 is 1.28 bits per heavy atom. The van der Waals surface area contributed by atoms with Crippen molar-refractivity contribution in [3.05, 3.63) is 23.8 Å². The summed E-state index contributed by atoms with van der Waals surface area (Å²) in [6, 6.07) is 5.79. The van der Waals surface area contributed by atoms with Gasteiger partial charge in [0.25, 0.3) is 0 Å². The predicted octanol–water partition coefficient (Wildman–Crippen LogP) is 2.48. The van der Waals surface area contributed by atoms with Crippen molar-refractivity contribution in [3.63, 3.8) is 0 Å². The molecular formula is C14H23NO3. The van der Waals surface area contributed by atoms with Crippen molar-refractivity contribution in [1.82, 2.24) is 5.32 Å². The van der Waals surface area contributed by atoms with Crippen molar-refractivity contribution in [2.75, 3.05) is 20.8 Å². The van der Waals surface area contributed by atoms with Gasteiger partial charge in [-0.3, -0.25) is 0 Å². The lowest BCUT2D eigenvalue weighted by Gasteiger charge is -2.21. The first-order chi connectivity index (χ1) is 8.58. The molecule has 2 atom stereocenters. The van der Waals surface area contributed by atoms with Crippen molar-refractivity contribution in [2.24, 2.45) is 0 Å². The van der Waals surface area contributed by atoms with Crippen LogP contribution < -0.4 is 10.1 Å². The number of phenolic OH excluding ortho intramolecular Hbond substituents is 1. The molecule has 102 valence electrons. The van der Waals surface area contributed by atoms with E-state index in [1.165, 1.54) is 0 Å². The zero-order valence-electron chi connectivity index (χ0n) is 11.6. The Bertz CT molecular complexity index is 368. The fourth-order valence-electron chi connectivity index (χ4n) is 1.91. The van der Waals surface area contributed by atoms with Crippen LogP contribution in [0.5, 0.6) is 11.5 Å². The molecule has 0 fully saturated rings. The van der Waals surface area contributed by atoms with Gasteiger partial charge >= 0.3 is 0 Å². The molecule has 0 amide bonds. The third-order valence-electron chi connectivity index (χ3n) is 2.99. The van der Waals surface area contributed by atoms with E-state index in [1.807, 2.05) is 19.1 Å². The largest absolute Gasteiger partial charge is 0.507 e. The van der Waals surface area contributed by atoms with E-state index in [1.54, 1.807) is 20.3 Å². The number of hydrogen-bond acceptors (Lipinski definition) is 4. The lowest BCUT2D eigenvalue weighted by Crippen LogP contribution is -2.29. The highest BCUT2D eigenvalue weighted by Gasteiger charge is 2.13. The minimum Gasteiger partial charge on any atom is -0.507 e. The number of aromatic hydroxyl groups is 1. The molecule has 0 aliphatic heterocycles. The zero-order valence-corrected chi connectivity index (χ0v) is 11.6. The molecule has 0 aliphatic rings. The van der Waals surface area contributed by atoms with Crippen molar-refractivity contribution >= 4 is 0 Å². The minimum absolute atomic E-state index is 0.0859. The maximum Gasteiger partial charge on any atom is 0.124 e. The molecule has 0 aliphatic carbocycles. The van der Waals surface area contributed by atoms with Crippen LogP contribution in [0.15, 0.2) is 18.2 Å². The van der Waals surface area contributed by atoms with Gasteiger partial charge in [0.05, 0.1) is 7.11 Å². The Morgan fingerprint density at radius 2 is 2.00 bits per heavy atom. The Kier molecular flexibility index (Phi) is 5.95. The number of ether oxygens (including phenoxy) is 2. The fourth-order valence-corrected chi connectivity index (χ4v) is 1.91. The van der Waals surface area contributed by atoms with Crippen molar-refractivity contribution in [2.45, 2.75) is 32.4 Å². The summed E-state index contributed by atoms with van der Waals surface area (Å²) in [4.78, 5) is 0. The highest BCUT2D eigenvalue weighted by Crippen LogP contribution is 2.28. The monoisotopic (exact) mass is 253 g/mol. The minimum atomic E-state index is 0.0859. The number of phenols is 1. The molecule has 2 unspecified atom stereocenters. The van der Waals surface area contributed by atoms with Crippen LogP contribution in [-0.2, 0) is 4.74 Å². The van der Waals surface area contributed by atoms with E-state index in [4.69, 9.17) is 9.47 Å². The van der Waals surface area contributed by atoms with E-state index < -0.39 is 0 Å². The summed E-state index contributed by atoms with van der Waals surface area (Å²) in [6.07, 6.45) is 0.942. The summed E-state index contributed by atoms with van der Waals surface area (Å²) in [6.45, 7) is 4.87. The maximum atomic E-state index is 9.94. The van der Waals surface area contributed by atoms with Crippen molar-refractivity contribution in [3.8, 4) is 11.5 Å². The standard InChI is InChI=1S/C14H23NO3/c1-10(7-8-17-3)15-11(2)13-6-5-12(18-4)9-14(13)16/h5-6,9-11,15-16H,7-8H2,1-4H3. The van der Waals surface area contributed by atoms with Crippen LogP contribution in [-0.4, -0.2) is 32.0 Å². The van der Waals surface area contributed by atoms with E-state index in [-0.39, 0.29) is 11.8 Å². The summed E-state index contributed by atoms with van der Waals surface area (Å²) in [5.74, 6) is 0.921. The van der Waals surface area contributed by atoms with Gasteiger partial charge in [-0.2, -0.15) is 0 Å². The quantitative estimate of drug-likeness (QED) is 0.784. The average molecular weight is 253 g/mol. The van der Waals surface area contributed by atoms with Crippen molar-refractivity contribution in [1.29, 1.82) is 0 Å². The van der Waals surface area contributed by atoms with Crippen molar-refractivity contribution < 1.29 is 14.6 Å². The van der Waals surface area contributed by atoms with Crippen LogP contribution >= 0.6 is 0 Å². The molecule has 0 radical (unpaired) electrons. The third kappa shape index (κ3) is 4.20. The van der Waals surface area contributed by atoms with Gasteiger partial charge in [-0.1, -0.05) is 6.07 Å². The van der Waals surface area contributed by atoms with Gasteiger partial charge in [-0.15, -0.1) is 0 Å². The lowest BCUT2D eigenvalue weighted by molar-refractivity contribution is 0.183.